The number of piperazine rings is 1. The number of unbranched alkanes of at least 4 members (excludes halogenated alkanes) is 1. The molecule has 2 aromatic rings. The average Bonchev–Trinajstić information content (AvgIpc) is 3.56. The third kappa shape index (κ3) is 4.04. The van der Waals surface area contributed by atoms with Crippen LogP contribution in [-0.4, -0.2) is 50.1 Å². The number of anilines is 2. The Morgan fingerprint density at radius 1 is 1.03 bits per heavy atom. The lowest BCUT2D eigenvalue weighted by Crippen LogP contribution is -2.46. The van der Waals surface area contributed by atoms with E-state index in [9.17, 15) is 4.79 Å². The number of nitrogens with zero attached hydrogens (tertiary/aromatic N) is 2. The standard InChI is InChI=1S/C25H31N3O2/c1-18-6-2-3-7-24(18)28-13-11-27(12-14-28)10-4-5-15-30-19-8-9-20-21-17-22(21)25(29)26-23(20)16-19/h2-3,6-9,16,21-22H,4-5,10-15,17H2,1H3,(H,26,29). The van der Waals surface area contributed by atoms with Gasteiger partial charge in [0.25, 0.3) is 0 Å². The third-order valence-corrected chi connectivity index (χ3v) is 6.78. The van der Waals surface area contributed by atoms with Crippen molar-refractivity contribution in [3.05, 3.63) is 53.6 Å². The molecule has 1 aliphatic carbocycles. The Bertz CT molecular complexity index is 920. The van der Waals surface area contributed by atoms with Gasteiger partial charge in [0.05, 0.1) is 6.61 Å². The molecule has 2 aromatic carbocycles. The summed E-state index contributed by atoms with van der Waals surface area (Å²) >= 11 is 0. The first kappa shape index (κ1) is 19.4. The number of carbonyl (C=O) groups excluding carboxylic acids is 1. The zero-order valence-electron chi connectivity index (χ0n) is 17.8. The van der Waals surface area contributed by atoms with E-state index in [-0.39, 0.29) is 11.8 Å². The van der Waals surface area contributed by atoms with Crippen molar-refractivity contribution >= 4 is 17.3 Å². The number of hydrogen-bond acceptors (Lipinski definition) is 4. The van der Waals surface area contributed by atoms with Gasteiger partial charge in [-0.1, -0.05) is 24.3 Å². The van der Waals surface area contributed by atoms with Crippen LogP contribution in [0.15, 0.2) is 42.5 Å². The van der Waals surface area contributed by atoms with Gasteiger partial charge in [-0.15, -0.1) is 0 Å². The first-order valence-electron chi connectivity index (χ1n) is 11.3. The van der Waals surface area contributed by atoms with Gasteiger partial charge in [0.1, 0.15) is 5.75 Å². The van der Waals surface area contributed by atoms with E-state index in [0.717, 1.165) is 70.0 Å². The second-order valence-corrected chi connectivity index (χ2v) is 8.86. The van der Waals surface area contributed by atoms with Gasteiger partial charge in [-0.25, -0.2) is 0 Å². The van der Waals surface area contributed by atoms with Gasteiger partial charge < -0.3 is 15.0 Å². The van der Waals surface area contributed by atoms with E-state index >= 15 is 0 Å². The summed E-state index contributed by atoms with van der Waals surface area (Å²) in [6.45, 7) is 8.51. The molecule has 0 bridgehead atoms. The fraction of sp³-hybridized carbons (Fsp3) is 0.480. The van der Waals surface area contributed by atoms with Crippen LogP contribution in [0.25, 0.3) is 0 Å². The molecule has 0 spiro atoms. The highest BCUT2D eigenvalue weighted by molar-refractivity contribution is 5.99. The zero-order valence-corrected chi connectivity index (χ0v) is 17.8. The second kappa shape index (κ2) is 8.31. The molecule has 2 fully saturated rings. The number of nitrogens with one attached hydrogen (secondary N) is 1. The number of para-hydroxylation sites is 1. The van der Waals surface area contributed by atoms with Gasteiger partial charge in [0.2, 0.25) is 5.91 Å². The molecule has 0 radical (unpaired) electrons. The van der Waals surface area contributed by atoms with E-state index < -0.39 is 0 Å². The second-order valence-electron chi connectivity index (χ2n) is 8.86. The van der Waals surface area contributed by atoms with Gasteiger partial charge in [0, 0.05) is 49.5 Å². The number of amides is 1. The maximum atomic E-state index is 11.9. The predicted molar refractivity (Wildman–Crippen MR) is 120 cm³/mol. The van der Waals surface area contributed by atoms with E-state index in [0.29, 0.717) is 5.92 Å². The highest BCUT2D eigenvalue weighted by atomic mass is 16.5. The number of benzene rings is 2. The van der Waals surface area contributed by atoms with Crippen LogP contribution in [-0.2, 0) is 4.79 Å². The van der Waals surface area contributed by atoms with Crippen molar-refractivity contribution in [2.24, 2.45) is 5.92 Å². The lowest BCUT2D eigenvalue weighted by atomic mass is 10.0. The summed E-state index contributed by atoms with van der Waals surface area (Å²) in [4.78, 5) is 17.0. The predicted octanol–water partition coefficient (Wildman–Crippen LogP) is 4.03. The largest absolute Gasteiger partial charge is 0.494 e. The summed E-state index contributed by atoms with van der Waals surface area (Å²) in [5.74, 6) is 1.68. The Hall–Kier alpha value is -2.53. The van der Waals surface area contributed by atoms with E-state index in [1.54, 1.807) is 0 Å². The van der Waals surface area contributed by atoms with Crippen molar-refractivity contribution in [2.45, 2.75) is 32.1 Å². The molecule has 158 valence electrons. The number of fused-ring (bicyclic) bond motifs is 3. The van der Waals surface area contributed by atoms with Crippen molar-refractivity contribution in [3.8, 4) is 5.75 Å². The number of carbonyl (C=O) groups is 1. The zero-order chi connectivity index (χ0) is 20.5. The molecule has 5 rings (SSSR count). The van der Waals surface area contributed by atoms with Gasteiger partial charge in [-0.2, -0.15) is 0 Å². The molecule has 2 aliphatic heterocycles. The number of aryl methyl sites for hydroxylation is 1. The Kier molecular flexibility index (Phi) is 5.38. The first-order valence-corrected chi connectivity index (χ1v) is 11.3. The van der Waals surface area contributed by atoms with Crippen LogP contribution in [0.5, 0.6) is 5.75 Å². The summed E-state index contributed by atoms with van der Waals surface area (Å²) in [5, 5.41) is 3.03. The molecule has 2 heterocycles. The van der Waals surface area contributed by atoms with Gasteiger partial charge in [-0.05, 0) is 61.9 Å². The normalized spacial score (nSPS) is 22.8. The molecule has 30 heavy (non-hydrogen) atoms. The van der Waals surface area contributed by atoms with E-state index in [4.69, 9.17) is 4.74 Å². The molecule has 2 atom stereocenters. The Balaban J connectivity index is 1.02. The van der Waals surface area contributed by atoms with Crippen molar-refractivity contribution < 1.29 is 9.53 Å². The van der Waals surface area contributed by atoms with Crippen LogP contribution in [0.1, 0.15) is 36.3 Å². The maximum Gasteiger partial charge on any atom is 0.228 e. The lowest BCUT2D eigenvalue weighted by molar-refractivity contribution is -0.117. The molecular formula is C25H31N3O2. The summed E-state index contributed by atoms with van der Waals surface area (Å²) in [6, 6.07) is 14.8. The summed E-state index contributed by atoms with van der Waals surface area (Å²) in [7, 11) is 0. The van der Waals surface area contributed by atoms with Crippen molar-refractivity contribution in [2.75, 3.05) is 49.5 Å². The topological polar surface area (TPSA) is 44.8 Å². The first-order chi connectivity index (χ1) is 14.7. The van der Waals surface area contributed by atoms with Gasteiger partial charge in [0.15, 0.2) is 0 Å². The molecule has 1 N–H and O–H groups in total. The summed E-state index contributed by atoms with van der Waals surface area (Å²) < 4.78 is 5.96. The highest BCUT2D eigenvalue weighted by Gasteiger charge is 2.48. The van der Waals surface area contributed by atoms with E-state index in [1.807, 2.05) is 6.07 Å². The van der Waals surface area contributed by atoms with Gasteiger partial charge in [-0.3, -0.25) is 9.69 Å². The van der Waals surface area contributed by atoms with Crippen LogP contribution < -0.4 is 15.0 Å². The Morgan fingerprint density at radius 2 is 1.87 bits per heavy atom. The highest BCUT2D eigenvalue weighted by Crippen LogP contribution is 2.53. The van der Waals surface area contributed by atoms with Crippen LogP contribution in [0.4, 0.5) is 11.4 Å². The van der Waals surface area contributed by atoms with Crippen LogP contribution in [0.3, 0.4) is 0 Å². The quantitative estimate of drug-likeness (QED) is 0.707. The van der Waals surface area contributed by atoms with Crippen molar-refractivity contribution in [1.82, 2.24) is 4.90 Å². The maximum absolute atomic E-state index is 11.9. The summed E-state index contributed by atoms with van der Waals surface area (Å²) in [5.41, 5.74) is 4.96. The average molecular weight is 406 g/mol. The fourth-order valence-electron chi connectivity index (χ4n) is 4.87. The van der Waals surface area contributed by atoms with Crippen molar-refractivity contribution in [1.29, 1.82) is 0 Å². The Morgan fingerprint density at radius 3 is 2.70 bits per heavy atom. The third-order valence-electron chi connectivity index (χ3n) is 6.78. The summed E-state index contributed by atoms with van der Waals surface area (Å²) in [6.07, 6.45) is 3.19. The molecule has 3 aliphatic rings. The van der Waals surface area contributed by atoms with Crippen LogP contribution >= 0.6 is 0 Å². The number of hydrogen-bond donors (Lipinski definition) is 1. The molecule has 0 aromatic heterocycles. The number of ether oxygens (including phenoxy) is 1. The molecule has 5 nitrogen and oxygen atoms in total. The fourth-order valence-corrected chi connectivity index (χ4v) is 4.87. The SMILES string of the molecule is Cc1ccccc1N1CCN(CCCCOc2ccc3c(c2)NC(=O)C2CC32)CC1. The molecule has 5 heteroatoms. The van der Waals surface area contributed by atoms with Crippen LogP contribution in [0.2, 0.25) is 0 Å². The molecule has 2 unspecified atom stereocenters. The number of rotatable bonds is 7. The smallest absolute Gasteiger partial charge is 0.228 e. The lowest BCUT2D eigenvalue weighted by Gasteiger charge is -2.36. The van der Waals surface area contributed by atoms with Crippen LogP contribution in [0, 0.1) is 12.8 Å². The minimum Gasteiger partial charge on any atom is -0.494 e. The molecular weight excluding hydrogens is 374 g/mol. The minimum absolute atomic E-state index is 0.173. The molecule has 1 saturated carbocycles. The van der Waals surface area contributed by atoms with E-state index in [2.05, 4.69) is 58.4 Å². The molecule has 1 saturated heterocycles. The Labute approximate surface area is 179 Å². The van der Waals surface area contributed by atoms with Crippen molar-refractivity contribution in [3.63, 3.8) is 0 Å². The minimum atomic E-state index is 0.173. The monoisotopic (exact) mass is 405 g/mol. The van der Waals surface area contributed by atoms with Gasteiger partial charge >= 0.3 is 0 Å². The van der Waals surface area contributed by atoms with E-state index in [1.165, 1.54) is 16.8 Å². The molecule has 1 amide bonds.